The Morgan fingerprint density at radius 1 is 1.10 bits per heavy atom. The molecule has 0 aliphatic carbocycles. The molecule has 2 aromatic rings. The summed E-state index contributed by atoms with van der Waals surface area (Å²) in [5.41, 5.74) is 1.12. The minimum Gasteiger partial charge on any atom is -0.365 e. The smallest absolute Gasteiger partial charge is 0.283 e. The summed E-state index contributed by atoms with van der Waals surface area (Å²) in [6, 6.07) is 15.5. The molecule has 21 heavy (non-hydrogen) atoms. The van der Waals surface area contributed by atoms with Crippen molar-refractivity contribution < 1.29 is 9.18 Å². The summed E-state index contributed by atoms with van der Waals surface area (Å²) in [6.45, 7) is 1.90. The van der Waals surface area contributed by atoms with E-state index in [-0.39, 0.29) is 16.7 Å². The first kappa shape index (κ1) is 15.1. The number of nitrogens with one attached hydrogen (secondary N) is 2. The van der Waals surface area contributed by atoms with Gasteiger partial charge in [-0.2, -0.15) is 0 Å². The summed E-state index contributed by atoms with van der Waals surface area (Å²) >= 11 is 5.05. The van der Waals surface area contributed by atoms with Crippen molar-refractivity contribution in [2.75, 3.05) is 5.32 Å². The molecule has 0 radical (unpaired) electrons. The van der Waals surface area contributed by atoms with Crippen molar-refractivity contribution in [1.29, 1.82) is 0 Å². The normalized spacial score (nSPS) is 11.5. The van der Waals surface area contributed by atoms with Crippen molar-refractivity contribution >= 4 is 28.8 Å². The predicted molar refractivity (Wildman–Crippen MR) is 85.6 cm³/mol. The molecule has 1 amide bonds. The van der Waals surface area contributed by atoms with Crippen LogP contribution in [-0.4, -0.2) is 10.9 Å². The van der Waals surface area contributed by atoms with Gasteiger partial charge in [0.05, 0.1) is 5.69 Å². The zero-order valence-electron chi connectivity index (χ0n) is 11.5. The third-order valence-electron chi connectivity index (χ3n) is 2.98. The lowest BCUT2D eigenvalue weighted by Crippen LogP contribution is -2.35. The van der Waals surface area contributed by atoms with Crippen LogP contribution in [0.2, 0.25) is 0 Å². The largest absolute Gasteiger partial charge is 0.365 e. The van der Waals surface area contributed by atoms with Crippen molar-refractivity contribution in [3.63, 3.8) is 0 Å². The van der Waals surface area contributed by atoms with Gasteiger partial charge in [0, 0.05) is 6.04 Å². The van der Waals surface area contributed by atoms with Crippen LogP contribution in [0.3, 0.4) is 0 Å². The van der Waals surface area contributed by atoms with Crippen LogP contribution in [0.4, 0.5) is 10.1 Å². The Labute approximate surface area is 128 Å². The number of para-hydroxylation sites is 1. The molecular weight excluding hydrogens is 287 g/mol. The SMILES string of the molecule is CC(NC(=S)C(=O)Nc1ccccc1F)c1ccccc1. The lowest BCUT2D eigenvalue weighted by atomic mass is 10.1. The average molecular weight is 302 g/mol. The van der Waals surface area contributed by atoms with Gasteiger partial charge in [0.25, 0.3) is 5.91 Å². The number of halogens is 1. The Kier molecular flexibility index (Phi) is 5.00. The third kappa shape index (κ3) is 4.10. The van der Waals surface area contributed by atoms with E-state index in [0.717, 1.165) is 5.56 Å². The van der Waals surface area contributed by atoms with Crippen molar-refractivity contribution in [3.05, 3.63) is 66.0 Å². The van der Waals surface area contributed by atoms with Crippen molar-refractivity contribution in [1.82, 2.24) is 5.32 Å². The van der Waals surface area contributed by atoms with Gasteiger partial charge in [-0.15, -0.1) is 0 Å². The number of hydrogen-bond donors (Lipinski definition) is 2. The molecule has 0 fully saturated rings. The maximum atomic E-state index is 13.5. The predicted octanol–water partition coefficient (Wildman–Crippen LogP) is 3.44. The Bertz CT molecular complexity index is 646. The molecule has 108 valence electrons. The first-order chi connectivity index (χ1) is 10.1. The van der Waals surface area contributed by atoms with E-state index in [2.05, 4.69) is 10.6 Å². The zero-order chi connectivity index (χ0) is 15.2. The minimum absolute atomic E-state index is 0.0228. The molecule has 0 saturated heterocycles. The Morgan fingerprint density at radius 3 is 2.38 bits per heavy atom. The number of carbonyl (C=O) groups excluding carboxylic acids is 1. The van der Waals surface area contributed by atoms with Gasteiger partial charge in [0.15, 0.2) is 4.99 Å². The third-order valence-corrected chi connectivity index (χ3v) is 3.28. The molecule has 3 nitrogen and oxygen atoms in total. The van der Waals surface area contributed by atoms with Crippen LogP contribution >= 0.6 is 12.2 Å². The van der Waals surface area contributed by atoms with E-state index in [4.69, 9.17) is 12.2 Å². The van der Waals surface area contributed by atoms with Gasteiger partial charge in [0.1, 0.15) is 5.82 Å². The standard InChI is InChI=1S/C16H15FN2OS/c1-11(12-7-3-2-4-8-12)18-16(21)15(20)19-14-10-6-5-9-13(14)17/h2-11H,1H3,(H,18,21)(H,19,20). The van der Waals surface area contributed by atoms with Gasteiger partial charge in [-0.25, -0.2) is 4.39 Å². The highest BCUT2D eigenvalue weighted by atomic mass is 32.1. The monoisotopic (exact) mass is 302 g/mol. The molecule has 0 aromatic heterocycles. The van der Waals surface area contributed by atoms with Crippen LogP contribution in [-0.2, 0) is 4.79 Å². The summed E-state index contributed by atoms with van der Waals surface area (Å²) in [5.74, 6) is -1.03. The second-order valence-corrected chi connectivity index (χ2v) is 4.95. The molecule has 2 aromatic carbocycles. The maximum absolute atomic E-state index is 13.5. The summed E-state index contributed by atoms with van der Waals surface area (Å²) in [7, 11) is 0. The van der Waals surface area contributed by atoms with Crippen LogP contribution in [0.25, 0.3) is 0 Å². The number of benzene rings is 2. The number of carbonyl (C=O) groups is 1. The lowest BCUT2D eigenvalue weighted by molar-refractivity contribution is -0.110. The van der Waals surface area contributed by atoms with Crippen LogP contribution in [0, 0.1) is 5.82 Å². The number of amides is 1. The zero-order valence-corrected chi connectivity index (χ0v) is 12.3. The molecule has 0 aliphatic rings. The molecule has 0 bridgehead atoms. The second kappa shape index (κ2) is 6.95. The number of hydrogen-bond acceptors (Lipinski definition) is 2. The molecule has 0 heterocycles. The highest BCUT2D eigenvalue weighted by Gasteiger charge is 2.14. The van der Waals surface area contributed by atoms with Gasteiger partial charge < -0.3 is 10.6 Å². The minimum atomic E-state index is -0.530. The van der Waals surface area contributed by atoms with E-state index in [0.29, 0.717) is 0 Å². The summed E-state index contributed by atoms with van der Waals surface area (Å²) in [4.78, 5) is 12.0. The molecule has 0 spiro atoms. The number of thiocarbonyl (C=S) groups is 1. The maximum Gasteiger partial charge on any atom is 0.283 e. The average Bonchev–Trinajstić information content (AvgIpc) is 2.50. The Morgan fingerprint density at radius 2 is 1.71 bits per heavy atom. The fourth-order valence-electron chi connectivity index (χ4n) is 1.83. The summed E-state index contributed by atoms with van der Waals surface area (Å²) in [6.07, 6.45) is 0. The molecule has 2 N–H and O–H groups in total. The molecular formula is C16H15FN2OS. The molecule has 1 unspecified atom stereocenters. The fraction of sp³-hybridized carbons (Fsp3) is 0.125. The van der Waals surface area contributed by atoms with Crippen molar-refractivity contribution in [2.45, 2.75) is 13.0 Å². The first-order valence-electron chi connectivity index (χ1n) is 6.49. The van der Waals surface area contributed by atoms with E-state index < -0.39 is 11.7 Å². The van der Waals surface area contributed by atoms with E-state index in [9.17, 15) is 9.18 Å². The molecule has 5 heteroatoms. The topological polar surface area (TPSA) is 41.1 Å². The fourth-order valence-corrected chi connectivity index (χ4v) is 2.06. The number of anilines is 1. The van der Waals surface area contributed by atoms with Gasteiger partial charge in [-0.1, -0.05) is 54.7 Å². The van der Waals surface area contributed by atoms with E-state index in [1.165, 1.54) is 12.1 Å². The molecule has 0 saturated carbocycles. The molecule has 0 aliphatic heterocycles. The van der Waals surface area contributed by atoms with E-state index in [1.807, 2.05) is 37.3 Å². The summed E-state index contributed by atoms with van der Waals surface area (Å²) < 4.78 is 13.5. The molecule has 1 atom stereocenters. The number of rotatable bonds is 3. The van der Waals surface area contributed by atoms with Gasteiger partial charge in [-0.3, -0.25) is 4.79 Å². The highest BCUT2D eigenvalue weighted by molar-refractivity contribution is 7.82. The quantitative estimate of drug-likeness (QED) is 0.853. The van der Waals surface area contributed by atoms with Crippen molar-refractivity contribution in [2.24, 2.45) is 0 Å². The Balaban J connectivity index is 1.97. The molecule has 2 rings (SSSR count). The van der Waals surface area contributed by atoms with Crippen LogP contribution in [0.1, 0.15) is 18.5 Å². The van der Waals surface area contributed by atoms with Gasteiger partial charge in [-0.05, 0) is 24.6 Å². The van der Waals surface area contributed by atoms with Crippen LogP contribution in [0.5, 0.6) is 0 Å². The highest BCUT2D eigenvalue weighted by Crippen LogP contribution is 2.13. The lowest BCUT2D eigenvalue weighted by Gasteiger charge is -2.16. The first-order valence-corrected chi connectivity index (χ1v) is 6.90. The second-order valence-electron chi connectivity index (χ2n) is 4.54. The van der Waals surface area contributed by atoms with E-state index >= 15 is 0 Å². The van der Waals surface area contributed by atoms with Crippen LogP contribution in [0.15, 0.2) is 54.6 Å². The van der Waals surface area contributed by atoms with E-state index in [1.54, 1.807) is 12.1 Å². The van der Waals surface area contributed by atoms with Crippen molar-refractivity contribution in [3.8, 4) is 0 Å². The van der Waals surface area contributed by atoms with Crippen LogP contribution < -0.4 is 10.6 Å². The Hall–Kier alpha value is -2.27. The summed E-state index contributed by atoms with van der Waals surface area (Å²) in [5, 5.41) is 5.38. The van der Waals surface area contributed by atoms with Gasteiger partial charge in [0.2, 0.25) is 0 Å². The van der Waals surface area contributed by atoms with Gasteiger partial charge >= 0.3 is 0 Å².